The van der Waals surface area contributed by atoms with Crippen molar-refractivity contribution in [1.29, 1.82) is 0 Å². The van der Waals surface area contributed by atoms with E-state index in [4.69, 9.17) is 9.47 Å². The number of ether oxygens (including phenoxy) is 2. The minimum absolute atomic E-state index is 0.0802. The third kappa shape index (κ3) is 3.23. The number of phenols is 1. The monoisotopic (exact) mass is 390 g/mol. The summed E-state index contributed by atoms with van der Waals surface area (Å²) in [7, 11) is 2.96. The highest BCUT2D eigenvalue weighted by molar-refractivity contribution is 6.12. The second-order valence-electron chi connectivity index (χ2n) is 6.88. The number of hydrogen-bond donors (Lipinski definition) is 2. The van der Waals surface area contributed by atoms with Gasteiger partial charge in [0.1, 0.15) is 6.17 Å². The second-order valence-corrected chi connectivity index (χ2v) is 6.88. The van der Waals surface area contributed by atoms with Gasteiger partial charge in [0.25, 0.3) is 5.91 Å². The molecule has 0 aliphatic carbocycles. The Bertz CT molecular complexity index is 1050. The van der Waals surface area contributed by atoms with Gasteiger partial charge in [0.15, 0.2) is 11.5 Å². The van der Waals surface area contributed by atoms with E-state index in [0.717, 1.165) is 22.5 Å². The highest BCUT2D eigenvalue weighted by atomic mass is 16.5. The van der Waals surface area contributed by atoms with Crippen LogP contribution in [0.25, 0.3) is 0 Å². The molecule has 0 spiro atoms. The number of aromatic hydroxyl groups is 1. The summed E-state index contributed by atoms with van der Waals surface area (Å²) >= 11 is 0. The van der Waals surface area contributed by atoms with Gasteiger partial charge in [-0.05, 0) is 48.9 Å². The normalized spacial score (nSPS) is 15.5. The summed E-state index contributed by atoms with van der Waals surface area (Å²) < 4.78 is 10.6. The first-order valence-electron chi connectivity index (χ1n) is 9.24. The number of rotatable bonds is 4. The number of anilines is 2. The quantitative estimate of drug-likeness (QED) is 0.687. The number of hydrogen-bond acceptors (Lipinski definition) is 5. The number of aryl methyl sites for hydroxylation is 1. The molecule has 2 N–H and O–H groups in total. The lowest BCUT2D eigenvalue weighted by Gasteiger charge is -2.38. The number of phenolic OH excluding ortho intramolecular Hbond substituents is 1. The maximum atomic E-state index is 13.5. The highest BCUT2D eigenvalue weighted by Crippen LogP contribution is 2.43. The summed E-state index contributed by atoms with van der Waals surface area (Å²) in [5, 5.41) is 13.7. The molecule has 0 fully saturated rings. The van der Waals surface area contributed by atoms with Crippen LogP contribution in [0.1, 0.15) is 27.7 Å². The Morgan fingerprint density at radius 1 is 0.966 bits per heavy atom. The summed E-state index contributed by atoms with van der Waals surface area (Å²) in [4.78, 5) is 15.2. The van der Waals surface area contributed by atoms with Gasteiger partial charge in [-0.1, -0.05) is 24.3 Å². The fraction of sp³-hybridized carbons (Fsp3) is 0.174. The molecule has 3 aromatic carbocycles. The minimum Gasteiger partial charge on any atom is -0.502 e. The van der Waals surface area contributed by atoms with Gasteiger partial charge in [-0.3, -0.25) is 9.69 Å². The van der Waals surface area contributed by atoms with Gasteiger partial charge in [0, 0.05) is 16.9 Å². The molecule has 1 heterocycles. The number of carbonyl (C=O) groups excluding carboxylic acids is 1. The van der Waals surface area contributed by atoms with Gasteiger partial charge >= 0.3 is 0 Å². The number of amides is 1. The predicted molar refractivity (Wildman–Crippen MR) is 112 cm³/mol. The first-order chi connectivity index (χ1) is 14.0. The van der Waals surface area contributed by atoms with Crippen LogP contribution < -0.4 is 19.7 Å². The highest BCUT2D eigenvalue weighted by Gasteiger charge is 2.35. The van der Waals surface area contributed by atoms with Crippen LogP contribution in [0.4, 0.5) is 11.4 Å². The standard InChI is InChI=1S/C23H22N2O4/c1-14-7-6-8-16(11-14)25-22(24-18-10-5-4-9-17(18)23(25)27)15-12-19(28-2)21(26)20(13-15)29-3/h4-13,22,24,26H,1-3H3/t22-/m0/s1. The maximum absolute atomic E-state index is 13.5. The number of nitrogens with one attached hydrogen (secondary N) is 1. The molecule has 1 aliphatic heterocycles. The van der Waals surface area contributed by atoms with E-state index in [2.05, 4.69) is 5.32 Å². The molecule has 0 unspecified atom stereocenters. The molecule has 0 bridgehead atoms. The Balaban J connectivity index is 1.91. The topological polar surface area (TPSA) is 71.0 Å². The number of carbonyl (C=O) groups is 1. The summed E-state index contributed by atoms with van der Waals surface area (Å²) in [6.07, 6.45) is -0.511. The number of nitrogens with zero attached hydrogens (tertiary/aromatic N) is 1. The SMILES string of the molecule is COc1cc([C@H]2Nc3ccccc3C(=O)N2c2cccc(C)c2)cc(OC)c1O. The van der Waals surface area contributed by atoms with Gasteiger partial charge in [0.05, 0.1) is 19.8 Å². The van der Waals surface area contributed by atoms with Crippen molar-refractivity contribution in [2.45, 2.75) is 13.1 Å². The zero-order chi connectivity index (χ0) is 20.5. The average Bonchev–Trinajstić information content (AvgIpc) is 2.74. The summed E-state index contributed by atoms with van der Waals surface area (Å²) in [6, 6.07) is 18.6. The molecule has 1 aliphatic rings. The summed E-state index contributed by atoms with van der Waals surface area (Å²) in [5.41, 5.74) is 3.89. The first-order valence-corrected chi connectivity index (χ1v) is 9.24. The van der Waals surface area contributed by atoms with Crippen LogP contribution in [-0.2, 0) is 0 Å². The van der Waals surface area contributed by atoms with E-state index in [1.807, 2.05) is 55.5 Å². The Morgan fingerprint density at radius 2 is 1.66 bits per heavy atom. The van der Waals surface area contributed by atoms with Crippen LogP contribution in [0.15, 0.2) is 60.7 Å². The number of benzene rings is 3. The maximum Gasteiger partial charge on any atom is 0.262 e. The lowest BCUT2D eigenvalue weighted by atomic mass is 10.0. The van der Waals surface area contributed by atoms with Gasteiger partial charge in [0.2, 0.25) is 5.75 Å². The molecule has 3 aromatic rings. The first kappa shape index (κ1) is 18.7. The Labute approximate surface area is 169 Å². The van der Waals surface area contributed by atoms with Crippen molar-refractivity contribution in [1.82, 2.24) is 0 Å². The number of para-hydroxylation sites is 1. The number of methoxy groups -OCH3 is 2. The minimum atomic E-state index is -0.511. The fourth-order valence-corrected chi connectivity index (χ4v) is 3.60. The number of fused-ring (bicyclic) bond motifs is 1. The van der Waals surface area contributed by atoms with Crippen LogP contribution in [0, 0.1) is 6.92 Å². The van der Waals surface area contributed by atoms with Crippen molar-refractivity contribution < 1.29 is 19.4 Å². The lowest BCUT2D eigenvalue weighted by molar-refractivity contribution is 0.0975. The zero-order valence-corrected chi connectivity index (χ0v) is 16.5. The van der Waals surface area contributed by atoms with E-state index < -0.39 is 6.17 Å². The van der Waals surface area contributed by atoms with Crippen LogP contribution in [-0.4, -0.2) is 25.2 Å². The fourth-order valence-electron chi connectivity index (χ4n) is 3.60. The predicted octanol–water partition coefficient (Wildman–Crippen LogP) is 4.49. The van der Waals surface area contributed by atoms with E-state index in [0.29, 0.717) is 5.56 Å². The van der Waals surface area contributed by atoms with Crippen LogP contribution in [0.3, 0.4) is 0 Å². The van der Waals surface area contributed by atoms with Crippen molar-refractivity contribution in [3.8, 4) is 17.2 Å². The molecule has 0 aromatic heterocycles. The Hall–Kier alpha value is -3.67. The molecular formula is C23H22N2O4. The van der Waals surface area contributed by atoms with Crippen LogP contribution in [0.2, 0.25) is 0 Å². The van der Waals surface area contributed by atoms with Crippen molar-refractivity contribution in [3.05, 3.63) is 77.4 Å². The van der Waals surface area contributed by atoms with Gasteiger partial charge in [-0.25, -0.2) is 0 Å². The third-order valence-electron chi connectivity index (χ3n) is 5.02. The Kier molecular flexibility index (Phi) is 4.76. The summed E-state index contributed by atoms with van der Waals surface area (Å²) in [5.74, 6) is 0.359. The Morgan fingerprint density at radius 3 is 2.31 bits per heavy atom. The van der Waals surface area contributed by atoms with E-state index in [1.54, 1.807) is 17.0 Å². The third-order valence-corrected chi connectivity index (χ3v) is 5.02. The summed E-state index contributed by atoms with van der Waals surface area (Å²) in [6.45, 7) is 1.99. The van der Waals surface area contributed by atoms with Gasteiger partial charge in [-0.15, -0.1) is 0 Å². The van der Waals surface area contributed by atoms with E-state index in [1.165, 1.54) is 14.2 Å². The molecule has 1 amide bonds. The molecule has 148 valence electrons. The van der Waals surface area contributed by atoms with Crippen LogP contribution in [0.5, 0.6) is 17.2 Å². The molecule has 29 heavy (non-hydrogen) atoms. The smallest absolute Gasteiger partial charge is 0.262 e. The lowest BCUT2D eigenvalue weighted by Crippen LogP contribution is -2.43. The molecule has 6 heteroatoms. The largest absolute Gasteiger partial charge is 0.502 e. The van der Waals surface area contributed by atoms with Crippen LogP contribution >= 0.6 is 0 Å². The molecule has 0 saturated heterocycles. The van der Waals surface area contributed by atoms with Crippen molar-refractivity contribution in [2.75, 3.05) is 24.4 Å². The van der Waals surface area contributed by atoms with E-state index >= 15 is 0 Å². The van der Waals surface area contributed by atoms with E-state index in [9.17, 15) is 9.90 Å². The van der Waals surface area contributed by atoms with Crippen molar-refractivity contribution in [2.24, 2.45) is 0 Å². The molecule has 0 radical (unpaired) electrons. The van der Waals surface area contributed by atoms with Crippen molar-refractivity contribution in [3.63, 3.8) is 0 Å². The van der Waals surface area contributed by atoms with Gasteiger partial charge in [-0.2, -0.15) is 0 Å². The molecule has 4 rings (SSSR count). The molecule has 6 nitrogen and oxygen atoms in total. The molecule has 1 atom stereocenters. The average molecular weight is 390 g/mol. The zero-order valence-electron chi connectivity index (χ0n) is 16.5. The van der Waals surface area contributed by atoms with Gasteiger partial charge < -0.3 is 19.9 Å². The van der Waals surface area contributed by atoms with E-state index in [-0.39, 0.29) is 23.2 Å². The van der Waals surface area contributed by atoms with Crippen molar-refractivity contribution >= 4 is 17.3 Å². The molecular weight excluding hydrogens is 368 g/mol. The second kappa shape index (κ2) is 7.39. The molecule has 0 saturated carbocycles.